The van der Waals surface area contributed by atoms with E-state index in [0.29, 0.717) is 11.7 Å². The Labute approximate surface area is 71.7 Å². The lowest BCUT2D eigenvalue weighted by Gasteiger charge is -2.04. The Balaban J connectivity index is 2.77. The summed E-state index contributed by atoms with van der Waals surface area (Å²) in [6.07, 6.45) is 1.58. The Morgan fingerprint density at radius 3 is 2.67 bits per heavy atom. The molecule has 0 aliphatic heterocycles. The molecule has 1 aromatic rings. The predicted molar refractivity (Wildman–Crippen MR) is 44.5 cm³/mol. The van der Waals surface area contributed by atoms with Crippen LogP contribution in [0.15, 0.2) is 10.6 Å². The monoisotopic (exact) mass is 170 g/mol. The number of nitrogens with two attached hydrogens (primary N) is 1. The van der Waals surface area contributed by atoms with Crippen molar-refractivity contribution >= 4 is 0 Å². The van der Waals surface area contributed by atoms with Crippen LogP contribution >= 0.6 is 0 Å². The third-order valence-electron chi connectivity index (χ3n) is 1.69. The predicted octanol–water partition coefficient (Wildman–Crippen LogP) is 1.40. The van der Waals surface area contributed by atoms with Gasteiger partial charge in [0, 0.05) is 7.11 Å². The van der Waals surface area contributed by atoms with E-state index in [1.54, 1.807) is 13.3 Å². The van der Waals surface area contributed by atoms with Crippen LogP contribution in [0.25, 0.3) is 0 Å². The summed E-state index contributed by atoms with van der Waals surface area (Å²) in [5.74, 6) is 1.26. The Kier molecular flexibility index (Phi) is 2.83. The Bertz CT molecular complexity index is 245. The standard InChI is InChI=1S/C8H14N2O2/c1-5(9)8-10-4-7(12-8)6(2)11-3/h4-6H,9H2,1-3H3. The lowest BCUT2D eigenvalue weighted by atomic mass is 10.3. The molecule has 0 radical (unpaired) electrons. The first-order valence-corrected chi connectivity index (χ1v) is 3.89. The number of rotatable bonds is 3. The summed E-state index contributed by atoms with van der Waals surface area (Å²) in [5.41, 5.74) is 5.57. The van der Waals surface area contributed by atoms with Gasteiger partial charge in [0.15, 0.2) is 5.76 Å². The van der Waals surface area contributed by atoms with E-state index in [4.69, 9.17) is 14.9 Å². The fraction of sp³-hybridized carbons (Fsp3) is 0.625. The second kappa shape index (κ2) is 3.69. The number of hydrogen-bond donors (Lipinski definition) is 1. The summed E-state index contributed by atoms with van der Waals surface area (Å²) in [6.45, 7) is 3.72. The molecule has 1 heterocycles. The molecule has 12 heavy (non-hydrogen) atoms. The molecule has 0 aliphatic rings. The average Bonchev–Trinajstić information content (AvgIpc) is 2.51. The fourth-order valence-electron chi connectivity index (χ4n) is 0.815. The molecule has 1 rings (SSSR count). The van der Waals surface area contributed by atoms with Crippen LogP contribution < -0.4 is 5.73 Å². The van der Waals surface area contributed by atoms with E-state index < -0.39 is 0 Å². The van der Waals surface area contributed by atoms with Gasteiger partial charge >= 0.3 is 0 Å². The van der Waals surface area contributed by atoms with Crippen LogP contribution in [0.3, 0.4) is 0 Å². The summed E-state index contributed by atoms with van der Waals surface area (Å²) in [7, 11) is 1.62. The smallest absolute Gasteiger partial charge is 0.211 e. The van der Waals surface area contributed by atoms with E-state index in [0.717, 1.165) is 0 Å². The van der Waals surface area contributed by atoms with Crippen LogP contribution in [-0.2, 0) is 4.74 Å². The van der Waals surface area contributed by atoms with E-state index in [1.165, 1.54) is 0 Å². The lowest BCUT2D eigenvalue weighted by molar-refractivity contribution is 0.0979. The van der Waals surface area contributed by atoms with Gasteiger partial charge in [-0.15, -0.1) is 0 Å². The first-order chi connectivity index (χ1) is 5.65. The van der Waals surface area contributed by atoms with Gasteiger partial charge < -0.3 is 14.9 Å². The summed E-state index contributed by atoms with van der Waals surface area (Å²) in [5, 5.41) is 0. The van der Waals surface area contributed by atoms with Crippen molar-refractivity contribution in [2.75, 3.05) is 7.11 Å². The molecule has 0 aromatic carbocycles. The molecule has 68 valence electrons. The van der Waals surface area contributed by atoms with Crippen molar-refractivity contribution in [2.45, 2.75) is 26.0 Å². The zero-order valence-electron chi connectivity index (χ0n) is 7.57. The molecule has 0 bridgehead atoms. The molecule has 2 atom stereocenters. The summed E-state index contributed by atoms with van der Waals surface area (Å²) in [6, 6.07) is -0.164. The molecule has 2 unspecified atom stereocenters. The van der Waals surface area contributed by atoms with Crippen molar-refractivity contribution in [3.05, 3.63) is 17.8 Å². The number of nitrogens with zero attached hydrogens (tertiary/aromatic N) is 1. The minimum absolute atomic E-state index is 0.0648. The molecule has 0 saturated heterocycles. The van der Waals surface area contributed by atoms with E-state index >= 15 is 0 Å². The normalized spacial score (nSPS) is 16.0. The zero-order chi connectivity index (χ0) is 9.14. The summed E-state index contributed by atoms with van der Waals surface area (Å²) >= 11 is 0. The number of methoxy groups -OCH3 is 1. The van der Waals surface area contributed by atoms with Crippen molar-refractivity contribution < 1.29 is 9.15 Å². The molecule has 0 saturated carbocycles. The van der Waals surface area contributed by atoms with E-state index in [9.17, 15) is 0 Å². The second-order valence-corrected chi connectivity index (χ2v) is 2.77. The van der Waals surface area contributed by atoms with Crippen LogP contribution in [0.1, 0.15) is 37.6 Å². The Morgan fingerprint density at radius 2 is 2.25 bits per heavy atom. The fourth-order valence-corrected chi connectivity index (χ4v) is 0.815. The topological polar surface area (TPSA) is 61.3 Å². The zero-order valence-corrected chi connectivity index (χ0v) is 7.57. The minimum atomic E-state index is -0.164. The number of hydrogen-bond acceptors (Lipinski definition) is 4. The van der Waals surface area contributed by atoms with Gasteiger partial charge in [0.1, 0.15) is 6.10 Å². The minimum Gasteiger partial charge on any atom is -0.441 e. The SMILES string of the molecule is COC(C)c1cnc(C(C)N)o1. The van der Waals surface area contributed by atoms with Gasteiger partial charge in [-0.2, -0.15) is 0 Å². The number of oxazole rings is 1. The van der Waals surface area contributed by atoms with Crippen LogP contribution in [0.2, 0.25) is 0 Å². The maximum atomic E-state index is 5.57. The third kappa shape index (κ3) is 1.84. The number of ether oxygens (including phenoxy) is 1. The molecule has 0 aliphatic carbocycles. The maximum absolute atomic E-state index is 5.57. The molecule has 4 heteroatoms. The molecular weight excluding hydrogens is 156 g/mol. The highest BCUT2D eigenvalue weighted by molar-refractivity contribution is 4.99. The molecule has 0 amide bonds. The molecule has 4 nitrogen and oxygen atoms in total. The van der Waals surface area contributed by atoms with E-state index in [1.807, 2.05) is 13.8 Å². The van der Waals surface area contributed by atoms with Gasteiger partial charge in [0.25, 0.3) is 0 Å². The van der Waals surface area contributed by atoms with Crippen molar-refractivity contribution in [1.82, 2.24) is 4.98 Å². The number of aromatic nitrogens is 1. The van der Waals surface area contributed by atoms with Gasteiger partial charge in [-0.3, -0.25) is 0 Å². The van der Waals surface area contributed by atoms with Gasteiger partial charge in [-0.05, 0) is 13.8 Å². The van der Waals surface area contributed by atoms with Crippen molar-refractivity contribution in [2.24, 2.45) is 5.73 Å². The molecule has 0 fully saturated rings. The quantitative estimate of drug-likeness (QED) is 0.744. The first kappa shape index (κ1) is 9.22. The largest absolute Gasteiger partial charge is 0.441 e. The highest BCUT2D eigenvalue weighted by atomic mass is 16.5. The molecule has 2 N–H and O–H groups in total. The summed E-state index contributed by atoms with van der Waals surface area (Å²) < 4.78 is 10.4. The van der Waals surface area contributed by atoms with Crippen molar-refractivity contribution in [3.63, 3.8) is 0 Å². The Morgan fingerprint density at radius 1 is 1.58 bits per heavy atom. The van der Waals surface area contributed by atoms with E-state index in [-0.39, 0.29) is 12.1 Å². The molecular formula is C8H14N2O2. The van der Waals surface area contributed by atoms with Crippen LogP contribution in [0, 0.1) is 0 Å². The van der Waals surface area contributed by atoms with E-state index in [2.05, 4.69) is 4.98 Å². The van der Waals surface area contributed by atoms with Crippen molar-refractivity contribution in [1.29, 1.82) is 0 Å². The van der Waals surface area contributed by atoms with Crippen molar-refractivity contribution in [3.8, 4) is 0 Å². The lowest BCUT2D eigenvalue weighted by Crippen LogP contribution is -2.04. The van der Waals surface area contributed by atoms with Gasteiger partial charge in [-0.25, -0.2) is 4.98 Å². The molecule has 1 aromatic heterocycles. The van der Waals surface area contributed by atoms with Crippen LogP contribution in [0.4, 0.5) is 0 Å². The highest BCUT2D eigenvalue weighted by Gasteiger charge is 2.12. The third-order valence-corrected chi connectivity index (χ3v) is 1.69. The summed E-state index contributed by atoms with van der Waals surface area (Å²) in [4.78, 5) is 4.01. The van der Waals surface area contributed by atoms with Gasteiger partial charge in [0.05, 0.1) is 12.2 Å². The van der Waals surface area contributed by atoms with Crippen LogP contribution in [0.5, 0.6) is 0 Å². The maximum Gasteiger partial charge on any atom is 0.211 e. The second-order valence-electron chi connectivity index (χ2n) is 2.77. The van der Waals surface area contributed by atoms with Gasteiger partial charge in [-0.1, -0.05) is 0 Å². The highest BCUT2D eigenvalue weighted by Crippen LogP contribution is 2.18. The first-order valence-electron chi connectivity index (χ1n) is 3.89. The molecule has 0 spiro atoms. The average molecular weight is 170 g/mol. The van der Waals surface area contributed by atoms with Gasteiger partial charge in [0.2, 0.25) is 5.89 Å². The Hall–Kier alpha value is -0.870. The van der Waals surface area contributed by atoms with Crippen LogP contribution in [-0.4, -0.2) is 12.1 Å².